The van der Waals surface area contributed by atoms with Crippen LogP contribution in [0.15, 0.2) is 30.7 Å². The van der Waals surface area contributed by atoms with Gasteiger partial charge in [0.05, 0.1) is 23.3 Å². The van der Waals surface area contributed by atoms with Gasteiger partial charge in [0.2, 0.25) is 0 Å². The summed E-state index contributed by atoms with van der Waals surface area (Å²) in [6.45, 7) is 1.93. The fourth-order valence-corrected chi connectivity index (χ4v) is 1.18. The van der Waals surface area contributed by atoms with Crippen LogP contribution in [0.1, 0.15) is 5.69 Å². The van der Waals surface area contributed by atoms with Crippen molar-refractivity contribution in [2.75, 3.05) is 5.73 Å². The van der Waals surface area contributed by atoms with E-state index in [4.69, 9.17) is 5.73 Å². The summed E-state index contributed by atoms with van der Waals surface area (Å²) in [4.78, 5) is 4.15. The minimum atomic E-state index is 0.649. The second kappa shape index (κ2) is 2.90. The lowest BCUT2D eigenvalue weighted by molar-refractivity contribution is 0.862. The van der Waals surface area contributed by atoms with Gasteiger partial charge in [-0.15, -0.1) is 0 Å². The molecule has 2 rings (SSSR count). The van der Waals surface area contributed by atoms with Crippen LogP contribution >= 0.6 is 0 Å². The summed E-state index contributed by atoms with van der Waals surface area (Å²) in [6.07, 6.45) is 5.23. The number of aromatic nitrogens is 3. The van der Waals surface area contributed by atoms with Crippen LogP contribution in [0, 0.1) is 6.92 Å². The molecule has 0 fully saturated rings. The second-order valence-corrected chi connectivity index (χ2v) is 2.82. The van der Waals surface area contributed by atoms with Gasteiger partial charge in [-0.25, -0.2) is 4.68 Å². The summed E-state index contributed by atoms with van der Waals surface area (Å²) in [5.41, 5.74) is 8.12. The van der Waals surface area contributed by atoms with Gasteiger partial charge in [-0.1, -0.05) is 0 Å². The van der Waals surface area contributed by atoms with Gasteiger partial charge < -0.3 is 5.73 Å². The van der Waals surface area contributed by atoms with Crippen molar-refractivity contribution in [1.82, 2.24) is 14.8 Å². The number of anilines is 1. The van der Waals surface area contributed by atoms with Gasteiger partial charge in [0.1, 0.15) is 0 Å². The van der Waals surface area contributed by atoms with E-state index >= 15 is 0 Å². The molecule has 2 aromatic heterocycles. The molecule has 13 heavy (non-hydrogen) atoms. The average molecular weight is 174 g/mol. The molecule has 2 aromatic rings. The molecule has 0 spiro atoms. The first-order valence-electron chi connectivity index (χ1n) is 3.99. The highest BCUT2D eigenvalue weighted by Gasteiger charge is 2.01. The van der Waals surface area contributed by atoms with Crippen molar-refractivity contribution in [1.29, 1.82) is 0 Å². The molecule has 0 saturated heterocycles. The zero-order valence-corrected chi connectivity index (χ0v) is 7.31. The summed E-state index contributed by atoms with van der Waals surface area (Å²) < 4.78 is 1.75. The minimum absolute atomic E-state index is 0.649. The lowest BCUT2D eigenvalue weighted by Crippen LogP contribution is -2.00. The smallest absolute Gasteiger partial charge is 0.0878 e. The topological polar surface area (TPSA) is 56.7 Å². The Morgan fingerprint density at radius 3 is 3.00 bits per heavy atom. The Balaban J connectivity index is 2.57. The first-order valence-corrected chi connectivity index (χ1v) is 3.99. The largest absolute Gasteiger partial charge is 0.397 e. The maximum atomic E-state index is 5.63. The molecule has 0 amide bonds. The summed E-state index contributed by atoms with van der Waals surface area (Å²) in [7, 11) is 0. The van der Waals surface area contributed by atoms with Crippen molar-refractivity contribution < 1.29 is 0 Å². The standard InChI is InChI=1S/C9H10N4/c1-7-9(5-8(10)6-11-7)13-4-2-3-12-13/h2-6H,10H2,1H3. The van der Waals surface area contributed by atoms with Crippen molar-refractivity contribution in [3.8, 4) is 5.69 Å². The van der Waals surface area contributed by atoms with Gasteiger partial charge in [0.15, 0.2) is 0 Å². The van der Waals surface area contributed by atoms with E-state index in [1.54, 1.807) is 17.1 Å². The van der Waals surface area contributed by atoms with E-state index in [0.717, 1.165) is 11.4 Å². The first kappa shape index (κ1) is 7.79. The Hall–Kier alpha value is -1.84. The molecule has 4 heteroatoms. The van der Waals surface area contributed by atoms with Gasteiger partial charge in [-0.2, -0.15) is 5.10 Å². The zero-order chi connectivity index (χ0) is 9.26. The number of hydrogen-bond donors (Lipinski definition) is 1. The Morgan fingerprint density at radius 2 is 2.31 bits per heavy atom. The normalized spacial score (nSPS) is 10.2. The van der Waals surface area contributed by atoms with E-state index in [1.165, 1.54) is 0 Å². The summed E-state index contributed by atoms with van der Waals surface area (Å²) in [5, 5.41) is 4.11. The van der Waals surface area contributed by atoms with Crippen LogP contribution < -0.4 is 5.73 Å². The third-order valence-corrected chi connectivity index (χ3v) is 1.83. The van der Waals surface area contributed by atoms with Crippen molar-refractivity contribution in [2.24, 2.45) is 0 Å². The molecule has 0 unspecified atom stereocenters. The summed E-state index contributed by atoms with van der Waals surface area (Å²) in [5.74, 6) is 0. The fourth-order valence-electron chi connectivity index (χ4n) is 1.18. The zero-order valence-electron chi connectivity index (χ0n) is 7.31. The van der Waals surface area contributed by atoms with Crippen LogP contribution in [-0.2, 0) is 0 Å². The highest BCUT2D eigenvalue weighted by Crippen LogP contribution is 2.13. The Bertz CT molecular complexity index is 406. The van der Waals surface area contributed by atoms with Gasteiger partial charge in [0, 0.05) is 12.4 Å². The van der Waals surface area contributed by atoms with Crippen molar-refractivity contribution >= 4 is 5.69 Å². The molecule has 0 aromatic carbocycles. The van der Waals surface area contributed by atoms with E-state index < -0.39 is 0 Å². The number of hydrogen-bond acceptors (Lipinski definition) is 3. The molecule has 66 valence electrons. The van der Waals surface area contributed by atoms with Crippen LogP contribution in [0.3, 0.4) is 0 Å². The molecule has 2 heterocycles. The summed E-state index contributed by atoms with van der Waals surface area (Å²) >= 11 is 0. The number of nitrogens with zero attached hydrogens (tertiary/aromatic N) is 3. The monoisotopic (exact) mass is 174 g/mol. The van der Waals surface area contributed by atoms with E-state index in [2.05, 4.69) is 10.1 Å². The molecule has 2 N–H and O–H groups in total. The van der Waals surface area contributed by atoms with E-state index in [0.29, 0.717) is 5.69 Å². The maximum absolute atomic E-state index is 5.63. The maximum Gasteiger partial charge on any atom is 0.0878 e. The number of pyridine rings is 1. The van der Waals surface area contributed by atoms with Crippen LogP contribution in [-0.4, -0.2) is 14.8 Å². The van der Waals surface area contributed by atoms with Crippen LogP contribution in [0.5, 0.6) is 0 Å². The summed E-state index contributed by atoms with van der Waals surface area (Å²) in [6, 6.07) is 3.72. The lowest BCUT2D eigenvalue weighted by atomic mass is 10.3. The van der Waals surface area contributed by atoms with E-state index in [9.17, 15) is 0 Å². The van der Waals surface area contributed by atoms with Gasteiger partial charge in [-0.05, 0) is 19.1 Å². The number of nitrogen functional groups attached to an aromatic ring is 1. The SMILES string of the molecule is Cc1ncc(N)cc1-n1cccn1. The Labute approximate surface area is 76.0 Å². The van der Waals surface area contributed by atoms with Gasteiger partial charge >= 0.3 is 0 Å². The Kier molecular flexibility index (Phi) is 1.73. The second-order valence-electron chi connectivity index (χ2n) is 2.82. The highest BCUT2D eigenvalue weighted by atomic mass is 15.3. The van der Waals surface area contributed by atoms with Crippen molar-refractivity contribution in [2.45, 2.75) is 6.92 Å². The molecular weight excluding hydrogens is 164 g/mol. The van der Waals surface area contributed by atoms with Crippen molar-refractivity contribution in [3.05, 3.63) is 36.4 Å². The molecule has 0 saturated carbocycles. The highest BCUT2D eigenvalue weighted by molar-refractivity contribution is 5.47. The molecule has 0 bridgehead atoms. The van der Waals surface area contributed by atoms with E-state index in [1.807, 2.05) is 25.3 Å². The predicted molar refractivity (Wildman–Crippen MR) is 50.5 cm³/mol. The average Bonchev–Trinajstić information content (AvgIpc) is 2.61. The molecule has 0 aliphatic carbocycles. The van der Waals surface area contributed by atoms with Crippen molar-refractivity contribution in [3.63, 3.8) is 0 Å². The van der Waals surface area contributed by atoms with Gasteiger partial charge in [0.25, 0.3) is 0 Å². The van der Waals surface area contributed by atoms with Crippen LogP contribution in [0.4, 0.5) is 5.69 Å². The molecule has 4 nitrogen and oxygen atoms in total. The third kappa shape index (κ3) is 1.38. The molecule has 0 aliphatic rings. The molecule has 0 aliphatic heterocycles. The number of nitrogens with two attached hydrogens (primary N) is 1. The van der Waals surface area contributed by atoms with Crippen LogP contribution in [0.25, 0.3) is 5.69 Å². The Morgan fingerprint density at radius 1 is 1.46 bits per heavy atom. The minimum Gasteiger partial charge on any atom is -0.397 e. The predicted octanol–water partition coefficient (Wildman–Crippen LogP) is 1.16. The van der Waals surface area contributed by atoms with Crippen LogP contribution in [0.2, 0.25) is 0 Å². The molecular formula is C9H10N4. The molecule has 0 radical (unpaired) electrons. The number of rotatable bonds is 1. The van der Waals surface area contributed by atoms with E-state index in [-0.39, 0.29) is 0 Å². The fraction of sp³-hybridized carbons (Fsp3) is 0.111. The number of aryl methyl sites for hydroxylation is 1. The third-order valence-electron chi connectivity index (χ3n) is 1.83. The molecule has 0 atom stereocenters. The lowest BCUT2D eigenvalue weighted by Gasteiger charge is -2.05. The first-order chi connectivity index (χ1) is 6.27. The quantitative estimate of drug-likeness (QED) is 0.705. The van der Waals surface area contributed by atoms with Gasteiger partial charge in [-0.3, -0.25) is 4.98 Å².